The monoisotopic (exact) mass is 668 g/mol. The molecule has 3 rings (SSSR count). The normalized spacial score (nSPS) is 13.0. The minimum Gasteiger partial charge on any atom is -0.395 e. The Kier molecular flexibility index (Phi) is 20.0. The van der Waals surface area contributed by atoms with Gasteiger partial charge in [0, 0.05) is 69.0 Å². The molecule has 12 nitrogen and oxygen atoms in total. The van der Waals surface area contributed by atoms with Crippen molar-refractivity contribution in [1.29, 1.82) is 5.41 Å². The molecule has 0 unspecified atom stereocenters. The molecule has 0 aliphatic carbocycles. The van der Waals surface area contributed by atoms with Gasteiger partial charge in [0.15, 0.2) is 0 Å². The van der Waals surface area contributed by atoms with Gasteiger partial charge in [-0.05, 0) is 64.8 Å². The summed E-state index contributed by atoms with van der Waals surface area (Å²) in [5.74, 6) is 0.705. The highest BCUT2D eigenvalue weighted by molar-refractivity contribution is 5.96. The van der Waals surface area contributed by atoms with Crippen molar-refractivity contribution in [3.05, 3.63) is 40.7 Å². The highest BCUT2D eigenvalue weighted by Gasteiger charge is 2.22. The van der Waals surface area contributed by atoms with Crippen molar-refractivity contribution in [2.75, 3.05) is 62.5 Å². The van der Waals surface area contributed by atoms with Crippen LogP contribution in [0.5, 0.6) is 0 Å². The lowest BCUT2D eigenvalue weighted by atomic mass is 10.0. The summed E-state index contributed by atoms with van der Waals surface area (Å²) < 4.78 is 5.53. The van der Waals surface area contributed by atoms with Gasteiger partial charge in [-0.1, -0.05) is 46.5 Å². The number of unbranched alkanes of at least 4 members (excludes halogenated alkanes) is 4. The zero-order valence-electron chi connectivity index (χ0n) is 29.9. The van der Waals surface area contributed by atoms with E-state index in [1.165, 1.54) is 18.8 Å². The molecule has 3 heterocycles. The van der Waals surface area contributed by atoms with Crippen LogP contribution < -0.4 is 21.3 Å². The molecule has 12 heteroatoms. The molecule has 268 valence electrons. The number of carbonyl (C=O) groups is 2. The van der Waals surface area contributed by atoms with Gasteiger partial charge in [0.05, 0.1) is 23.4 Å². The summed E-state index contributed by atoms with van der Waals surface area (Å²) in [7, 11) is 2.01. The summed E-state index contributed by atoms with van der Waals surface area (Å²) in [6, 6.07) is 3.50. The van der Waals surface area contributed by atoms with Crippen molar-refractivity contribution in [2.24, 2.45) is 0 Å². The minimum atomic E-state index is -0.283. The Balaban J connectivity index is 0.00000257. The van der Waals surface area contributed by atoms with Gasteiger partial charge in [-0.2, -0.15) is 0 Å². The van der Waals surface area contributed by atoms with E-state index in [9.17, 15) is 9.59 Å². The highest BCUT2D eigenvalue weighted by Crippen LogP contribution is 2.31. The maximum atomic E-state index is 13.1. The number of pyridine rings is 2. The van der Waals surface area contributed by atoms with E-state index in [1.54, 1.807) is 12.1 Å². The standard InChI is InChI=1S/C33H52N8O4.C3H8/c1-4-28-27(31(38-25-14-19-45-20-15-25)26(21-34)32(39-28)35-5-2)23-37-33(44)24-12-13-29(36-22-24)40-30(43)11-9-7-6-8-10-16-41(3)17-18-42;1-3-2/h12-13,21-22,25,34,42H,4-11,14-20,23H2,1-3H3,(H,37,44)(H2,35,38,39)(H,36,40,43);3H2,1-2H3. The molecule has 6 N–H and O–H groups in total. The molecule has 2 aromatic rings. The van der Waals surface area contributed by atoms with Crippen molar-refractivity contribution in [3.8, 4) is 0 Å². The Bertz CT molecular complexity index is 1240. The minimum absolute atomic E-state index is 0.0884. The Hall–Kier alpha value is -3.61. The van der Waals surface area contributed by atoms with Crippen LogP contribution in [-0.2, 0) is 22.5 Å². The Morgan fingerprint density at radius 3 is 2.40 bits per heavy atom. The van der Waals surface area contributed by atoms with E-state index in [4.69, 9.17) is 20.2 Å². The maximum Gasteiger partial charge on any atom is 0.253 e. The second-order valence-electron chi connectivity index (χ2n) is 12.1. The fourth-order valence-electron chi connectivity index (χ4n) is 5.38. The number of amides is 2. The number of aryl methyl sites for hydroxylation is 1. The Morgan fingerprint density at radius 1 is 1.06 bits per heavy atom. The van der Waals surface area contributed by atoms with Gasteiger partial charge >= 0.3 is 0 Å². The van der Waals surface area contributed by atoms with E-state index in [0.717, 1.165) is 68.4 Å². The largest absolute Gasteiger partial charge is 0.395 e. The van der Waals surface area contributed by atoms with Crippen molar-refractivity contribution in [1.82, 2.24) is 20.2 Å². The van der Waals surface area contributed by atoms with Gasteiger partial charge in [-0.25, -0.2) is 9.97 Å². The van der Waals surface area contributed by atoms with E-state index in [0.29, 0.717) is 61.9 Å². The van der Waals surface area contributed by atoms with Crippen LogP contribution in [-0.4, -0.2) is 90.5 Å². The van der Waals surface area contributed by atoms with Gasteiger partial charge in [-0.3, -0.25) is 9.59 Å². The molecule has 48 heavy (non-hydrogen) atoms. The number of ether oxygens (including phenoxy) is 1. The van der Waals surface area contributed by atoms with Crippen LogP contribution in [0.15, 0.2) is 18.3 Å². The maximum absolute atomic E-state index is 13.1. The Morgan fingerprint density at radius 2 is 1.77 bits per heavy atom. The van der Waals surface area contributed by atoms with E-state index in [-0.39, 0.29) is 31.0 Å². The third-order valence-electron chi connectivity index (χ3n) is 7.96. The van der Waals surface area contributed by atoms with E-state index in [2.05, 4.69) is 45.0 Å². The third-order valence-corrected chi connectivity index (χ3v) is 7.96. The number of likely N-dealkylation sites (N-methyl/N-ethyl adjacent to an activating group) is 1. The van der Waals surface area contributed by atoms with Crippen LogP contribution in [0, 0.1) is 5.41 Å². The number of carbonyl (C=O) groups excluding carboxylic acids is 2. The lowest BCUT2D eigenvalue weighted by Gasteiger charge is -2.28. The molecule has 2 aromatic heterocycles. The van der Waals surface area contributed by atoms with Crippen molar-refractivity contribution in [2.45, 2.75) is 104 Å². The molecule has 0 atom stereocenters. The summed E-state index contributed by atoms with van der Waals surface area (Å²) in [4.78, 5) is 36.7. The smallest absolute Gasteiger partial charge is 0.253 e. The third kappa shape index (κ3) is 14.2. The van der Waals surface area contributed by atoms with Crippen molar-refractivity contribution in [3.63, 3.8) is 0 Å². The number of aromatic nitrogens is 2. The van der Waals surface area contributed by atoms with Gasteiger partial charge in [0.25, 0.3) is 5.91 Å². The number of hydrogen-bond donors (Lipinski definition) is 6. The average Bonchev–Trinajstić information content (AvgIpc) is 3.08. The number of aliphatic hydroxyl groups excluding tert-OH is 1. The SMILES string of the molecule is CCC.CCNc1nc(CC)c(CNC(=O)c2ccc(NC(=O)CCCCCCCN(C)CCO)nc2)c(NC2CCOCC2)c1C=N. The van der Waals surface area contributed by atoms with Crippen LogP contribution in [0.2, 0.25) is 0 Å². The first-order valence-corrected chi connectivity index (χ1v) is 17.8. The molecule has 1 saturated heterocycles. The van der Waals surface area contributed by atoms with E-state index in [1.807, 2.05) is 20.9 Å². The summed E-state index contributed by atoms with van der Waals surface area (Å²) in [6.45, 7) is 12.4. The molecule has 1 aliphatic heterocycles. The van der Waals surface area contributed by atoms with Crippen molar-refractivity contribution < 1.29 is 19.4 Å². The molecule has 0 spiro atoms. The topological polar surface area (TPSA) is 165 Å². The molecule has 2 amide bonds. The van der Waals surface area contributed by atoms with Gasteiger partial charge in [0.2, 0.25) is 5.91 Å². The van der Waals surface area contributed by atoms with E-state index >= 15 is 0 Å². The van der Waals surface area contributed by atoms with Gasteiger partial charge in [-0.15, -0.1) is 0 Å². The number of hydrogen-bond acceptors (Lipinski definition) is 10. The van der Waals surface area contributed by atoms with Crippen LogP contribution >= 0.6 is 0 Å². The first-order valence-electron chi connectivity index (χ1n) is 17.8. The second kappa shape index (κ2) is 23.7. The summed E-state index contributed by atoms with van der Waals surface area (Å²) in [5, 5.41) is 29.9. The summed E-state index contributed by atoms with van der Waals surface area (Å²) in [5.41, 5.74) is 3.60. The molecule has 0 aromatic carbocycles. The van der Waals surface area contributed by atoms with Crippen LogP contribution in [0.4, 0.5) is 17.3 Å². The summed E-state index contributed by atoms with van der Waals surface area (Å²) >= 11 is 0. The second-order valence-corrected chi connectivity index (χ2v) is 12.1. The fraction of sp³-hybridized carbons (Fsp3) is 0.639. The molecule has 1 fully saturated rings. The van der Waals surface area contributed by atoms with Gasteiger partial charge < -0.3 is 41.4 Å². The summed E-state index contributed by atoms with van der Waals surface area (Å²) in [6.07, 6.45) is 11.9. The quantitative estimate of drug-likeness (QED) is 0.0777. The van der Waals surface area contributed by atoms with Crippen LogP contribution in [0.3, 0.4) is 0 Å². The zero-order chi connectivity index (χ0) is 35.1. The highest BCUT2D eigenvalue weighted by atomic mass is 16.5. The number of nitrogens with zero attached hydrogens (tertiary/aromatic N) is 3. The predicted molar refractivity (Wildman–Crippen MR) is 195 cm³/mol. The van der Waals surface area contributed by atoms with Crippen LogP contribution in [0.25, 0.3) is 0 Å². The first-order chi connectivity index (χ1) is 23.3. The lowest BCUT2D eigenvalue weighted by molar-refractivity contribution is -0.116. The molecular weight excluding hydrogens is 608 g/mol. The van der Waals surface area contributed by atoms with Crippen molar-refractivity contribution >= 4 is 35.4 Å². The first kappa shape index (κ1) is 40.6. The zero-order valence-corrected chi connectivity index (χ0v) is 29.9. The predicted octanol–water partition coefficient (Wildman–Crippen LogP) is 5.61. The Labute approximate surface area is 287 Å². The molecular formula is C36H60N8O4. The number of aliphatic hydroxyl groups is 1. The molecule has 0 bridgehead atoms. The van der Waals surface area contributed by atoms with Gasteiger partial charge in [0.1, 0.15) is 11.6 Å². The average molecular weight is 669 g/mol. The molecule has 1 aliphatic rings. The number of anilines is 3. The lowest BCUT2D eigenvalue weighted by Crippen LogP contribution is -2.31. The van der Waals surface area contributed by atoms with Crippen LogP contribution in [0.1, 0.15) is 113 Å². The molecule has 0 saturated carbocycles. The number of rotatable bonds is 20. The molecule has 0 radical (unpaired) electrons. The number of nitrogens with one attached hydrogen (secondary N) is 5. The fourth-order valence-corrected chi connectivity index (χ4v) is 5.38. The van der Waals surface area contributed by atoms with E-state index < -0.39 is 0 Å².